The van der Waals surface area contributed by atoms with Crippen LogP contribution in [0.15, 0.2) is 30.4 Å². The van der Waals surface area contributed by atoms with E-state index in [2.05, 4.69) is 12.2 Å². The lowest BCUT2D eigenvalue weighted by Gasteiger charge is -2.23. The summed E-state index contributed by atoms with van der Waals surface area (Å²) in [6, 6.07) is 4.91. The summed E-state index contributed by atoms with van der Waals surface area (Å²) in [4.78, 5) is 12.0. The van der Waals surface area contributed by atoms with Crippen LogP contribution in [0.3, 0.4) is 0 Å². The largest absolute Gasteiger partial charge is 0.508 e. The monoisotopic (exact) mass is 503 g/mol. The van der Waals surface area contributed by atoms with Crippen molar-refractivity contribution in [2.45, 2.75) is 136 Å². The van der Waals surface area contributed by atoms with Crippen LogP contribution in [-0.4, -0.2) is 28.3 Å². The lowest BCUT2D eigenvalue weighted by molar-refractivity contribution is -0.139. The molecule has 0 aliphatic carbocycles. The first-order chi connectivity index (χ1) is 17.2. The highest BCUT2D eigenvalue weighted by Gasteiger charge is 2.15. The minimum atomic E-state index is -0.709. The lowest BCUT2D eigenvalue weighted by Crippen LogP contribution is -2.38. The van der Waals surface area contributed by atoms with Crippen LogP contribution in [0.2, 0.25) is 0 Å². The predicted octanol–water partition coefficient (Wildman–Crippen LogP) is 7.89. The maximum absolute atomic E-state index is 12.0. The first-order valence-electron chi connectivity index (χ1n) is 14.3. The molecule has 1 aromatic rings. The van der Waals surface area contributed by atoms with Gasteiger partial charge in [-0.2, -0.15) is 0 Å². The average Bonchev–Trinajstić information content (AvgIpc) is 2.84. The molecular weight excluding hydrogens is 450 g/mol. The molecule has 3 N–H and O–H groups in total. The molecule has 0 spiro atoms. The second-order valence-electron chi connectivity index (χ2n) is 11.1. The summed E-state index contributed by atoms with van der Waals surface area (Å²) in [6.07, 6.45) is 20.8. The molecule has 0 aromatic heterocycles. The van der Waals surface area contributed by atoms with Crippen LogP contribution in [-0.2, 0) is 16.1 Å². The highest BCUT2D eigenvalue weighted by atomic mass is 16.5. The molecular formula is C31H53NO4. The van der Waals surface area contributed by atoms with E-state index in [1.165, 1.54) is 89.2 Å². The van der Waals surface area contributed by atoms with Gasteiger partial charge in [-0.15, -0.1) is 0 Å². The first-order valence-corrected chi connectivity index (χ1v) is 14.3. The van der Waals surface area contributed by atoms with Gasteiger partial charge in [-0.25, -0.2) is 4.79 Å². The van der Waals surface area contributed by atoms with E-state index in [0.717, 1.165) is 12.8 Å². The Morgan fingerprint density at radius 1 is 0.944 bits per heavy atom. The Kier molecular flexibility index (Phi) is 17.2. The number of aliphatic hydroxyl groups is 1. The molecule has 1 atom stereocenters. The van der Waals surface area contributed by atoms with E-state index in [9.17, 15) is 15.0 Å². The van der Waals surface area contributed by atoms with Crippen molar-refractivity contribution >= 4 is 5.97 Å². The molecule has 0 radical (unpaired) electrons. The number of allylic oxidation sites excluding steroid dienone is 1. The first kappa shape index (κ1) is 32.2. The number of benzene rings is 1. The predicted molar refractivity (Wildman–Crippen MR) is 150 cm³/mol. The van der Waals surface area contributed by atoms with Crippen molar-refractivity contribution in [2.75, 3.05) is 6.54 Å². The number of aromatic hydroxyl groups is 1. The number of rotatable bonds is 20. The molecule has 0 fully saturated rings. The minimum absolute atomic E-state index is 0.0268. The summed E-state index contributed by atoms with van der Waals surface area (Å²) >= 11 is 0. The van der Waals surface area contributed by atoms with Crippen molar-refractivity contribution in [1.29, 1.82) is 0 Å². The van der Waals surface area contributed by atoms with Crippen LogP contribution < -0.4 is 5.32 Å². The summed E-state index contributed by atoms with van der Waals surface area (Å²) in [6.45, 7) is 8.74. The van der Waals surface area contributed by atoms with Gasteiger partial charge in [-0.1, -0.05) is 96.1 Å². The normalized spacial score (nSPS) is 12.8. The molecule has 0 heterocycles. The number of phenolic OH excluding ortho intramolecular Hbond substituents is 1. The van der Waals surface area contributed by atoms with E-state index in [0.29, 0.717) is 17.7 Å². The smallest absolute Gasteiger partial charge is 0.330 e. The summed E-state index contributed by atoms with van der Waals surface area (Å²) in [5.74, 6) is -0.358. The Morgan fingerprint density at radius 3 is 2.06 bits per heavy atom. The van der Waals surface area contributed by atoms with Gasteiger partial charge < -0.3 is 20.3 Å². The molecule has 206 valence electrons. The van der Waals surface area contributed by atoms with Gasteiger partial charge >= 0.3 is 5.97 Å². The molecule has 0 amide bonds. The standard InChI is InChI=1S/C31H53NO4/c1-5-6-7-8-9-10-11-12-13-14-15-16-17-18-19-20-30(35)36-25-27-23-26(21-22-28(27)33)29(34)24-32-31(2,3)4/h19-23,29,32-34H,5-18,24-25H2,1-4H3. The zero-order valence-electron chi connectivity index (χ0n) is 23.5. The molecule has 0 saturated heterocycles. The molecule has 1 unspecified atom stereocenters. The number of aliphatic hydroxyl groups excluding tert-OH is 1. The van der Waals surface area contributed by atoms with Gasteiger partial charge in [0.1, 0.15) is 12.4 Å². The van der Waals surface area contributed by atoms with Crippen LogP contribution in [0, 0.1) is 0 Å². The van der Waals surface area contributed by atoms with Crippen molar-refractivity contribution in [3.05, 3.63) is 41.5 Å². The van der Waals surface area contributed by atoms with Crippen molar-refractivity contribution < 1.29 is 19.7 Å². The van der Waals surface area contributed by atoms with Crippen LogP contribution in [0.5, 0.6) is 5.75 Å². The van der Waals surface area contributed by atoms with E-state index in [1.54, 1.807) is 12.1 Å². The van der Waals surface area contributed by atoms with E-state index < -0.39 is 12.1 Å². The fraction of sp³-hybridized carbons (Fsp3) is 0.710. The van der Waals surface area contributed by atoms with Crippen LogP contribution in [0.25, 0.3) is 0 Å². The van der Waals surface area contributed by atoms with Gasteiger partial charge in [0.2, 0.25) is 0 Å². The number of ether oxygens (including phenoxy) is 1. The van der Waals surface area contributed by atoms with E-state index in [1.807, 2.05) is 26.8 Å². The molecule has 0 saturated carbocycles. The number of phenols is 1. The molecule has 0 bridgehead atoms. The van der Waals surface area contributed by atoms with Crippen molar-refractivity contribution in [3.8, 4) is 5.75 Å². The van der Waals surface area contributed by atoms with E-state index >= 15 is 0 Å². The number of hydrogen-bond donors (Lipinski definition) is 3. The van der Waals surface area contributed by atoms with Gasteiger partial charge in [-0.3, -0.25) is 0 Å². The summed E-state index contributed by atoms with van der Waals surface area (Å²) in [5, 5.41) is 23.8. The van der Waals surface area contributed by atoms with E-state index in [-0.39, 0.29) is 17.9 Å². The third-order valence-corrected chi connectivity index (χ3v) is 6.41. The molecule has 1 rings (SSSR count). The summed E-state index contributed by atoms with van der Waals surface area (Å²) in [7, 11) is 0. The van der Waals surface area contributed by atoms with Gasteiger partial charge in [-0.05, 0) is 51.3 Å². The highest BCUT2D eigenvalue weighted by molar-refractivity contribution is 5.81. The van der Waals surface area contributed by atoms with Gasteiger partial charge in [0.25, 0.3) is 0 Å². The average molecular weight is 504 g/mol. The Bertz CT molecular complexity index is 739. The van der Waals surface area contributed by atoms with Crippen LogP contribution >= 0.6 is 0 Å². The zero-order chi connectivity index (χ0) is 26.7. The number of β-amino-alcohol motifs (C(OH)–C–C–N with tert-alkyl or cyclic N) is 1. The highest BCUT2D eigenvalue weighted by Crippen LogP contribution is 2.23. The lowest BCUT2D eigenvalue weighted by atomic mass is 10.0. The third kappa shape index (κ3) is 16.8. The number of unbranched alkanes of at least 4 members (excludes halogenated alkanes) is 13. The van der Waals surface area contributed by atoms with Crippen molar-refractivity contribution in [3.63, 3.8) is 0 Å². The Balaban J connectivity index is 2.14. The number of nitrogens with one attached hydrogen (secondary N) is 1. The molecule has 1 aromatic carbocycles. The maximum Gasteiger partial charge on any atom is 0.330 e. The number of hydrogen-bond acceptors (Lipinski definition) is 5. The molecule has 0 aliphatic heterocycles. The number of carbonyl (C=O) groups excluding carboxylic acids is 1. The second kappa shape index (κ2) is 19.3. The van der Waals surface area contributed by atoms with Gasteiger partial charge in [0, 0.05) is 23.7 Å². The molecule has 36 heavy (non-hydrogen) atoms. The Labute approximate surface area is 220 Å². The Hall–Kier alpha value is -1.85. The fourth-order valence-electron chi connectivity index (χ4n) is 4.11. The van der Waals surface area contributed by atoms with Crippen LogP contribution in [0.4, 0.5) is 0 Å². The summed E-state index contributed by atoms with van der Waals surface area (Å²) < 4.78 is 5.29. The van der Waals surface area contributed by atoms with Crippen molar-refractivity contribution in [2.24, 2.45) is 0 Å². The fourth-order valence-corrected chi connectivity index (χ4v) is 4.11. The van der Waals surface area contributed by atoms with Crippen LogP contribution in [0.1, 0.15) is 135 Å². The second-order valence-corrected chi connectivity index (χ2v) is 11.1. The maximum atomic E-state index is 12.0. The number of esters is 1. The topological polar surface area (TPSA) is 78.8 Å². The zero-order valence-corrected chi connectivity index (χ0v) is 23.5. The summed E-state index contributed by atoms with van der Waals surface area (Å²) in [5.41, 5.74) is 1.06. The SMILES string of the molecule is CCCCCCCCCCCCCCCC=CC(=O)OCc1cc(C(O)CNC(C)(C)C)ccc1O. The van der Waals surface area contributed by atoms with Crippen molar-refractivity contribution in [1.82, 2.24) is 5.32 Å². The van der Waals surface area contributed by atoms with Gasteiger partial charge in [0.15, 0.2) is 0 Å². The third-order valence-electron chi connectivity index (χ3n) is 6.41. The Morgan fingerprint density at radius 2 is 1.50 bits per heavy atom. The van der Waals surface area contributed by atoms with E-state index in [4.69, 9.17) is 4.74 Å². The number of carbonyl (C=O) groups is 1. The minimum Gasteiger partial charge on any atom is -0.508 e. The quantitative estimate of drug-likeness (QED) is 0.0957. The van der Waals surface area contributed by atoms with Gasteiger partial charge in [0.05, 0.1) is 6.10 Å². The molecule has 5 nitrogen and oxygen atoms in total. The molecule has 5 heteroatoms. The molecule has 0 aliphatic rings.